The van der Waals surface area contributed by atoms with Crippen molar-refractivity contribution in [3.05, 3.63) is 94.5 Å². The molecule has 0 aliphatic carbocycles. The van der Waals surface area contributed by atoms with Crippen molar-refractivity contribution in [2.45, 2.75) is 24.3 Å². The number of nitrogen functional groups attached to an aromatic ring is 1. The van der Waals surface area contributed by atoms with E-state index in [0.29, 0.717) is 4.57 Å². The molecule has 12 heteroatoms. The van der Waals surface area contributed by atoms with Crippen molar-refractivity contribution in [3.63, 3.8) is 0 Å². The monoisotopic (exact) mass is 487 g/mol. The minimum Gasteiger partial charge on any atom is -0.456 e. The predicted molar refractivity (Wildman–Crippen MR) is 115 cm³/mol. The van der Waals surface area contributed by atoms with Crippen molar-refractivity contribution in [1.82, 2.24) is 9.55 Å². The van der Waals surface area contributed by atoms with Gasteiger partial charge in [0.25, 0.3) is 5.79 Å². The summed E-state index contributed by atoms with van der Waals surface area (Å²) in [5.74, 6) is -4.80. The number of carbonyl (C=O) groups excluding carboxylic acids is 2. The smallest absolute Gasteiger partial charge is 0.351 e. The molecule has 1 aromatic heterocycles. The van der Waals surface area contributed by atoms with E-state index in [1.54, 1.807) is 24.3 Å². The molecule has 3 aromatic rings. The Bertz CT molecular complexity index is 1260. The van der Waals surface area contributed by atoms with Crippen LogP contribution in [0.15, 0.2) is 77.7 Å². The van der Waals surface area contributed by atoms with E-state index in [1.165, 1.54) is 42.5 Å². The molecule has 0 spiro atoms. The van der Waals surface area contributed by atoms with Gasteiger partial charge < -0.3 is 19.9 Å². The van der Waals surface area contributed by atoms with E-state index in [2.05, 4.69) is 9.93 Å². The first-order chi connectivity index (χ1) is 16.8. The first-order valence-corrected chi connectivity index (χ1v) is 10.3. The van der Waals surface area contributed by atoms with Crippen LogP contribution in [-0.4, -0.2) is 46.2 Å². The Hall–Kier alpha value is -4.16. The minimum absolute atomic E-state index is 0.0310. The first-order valence-electron chi connectivity index (χ1n) is 10.3. The third kappa shape index (κ3) is 4.88. The Morgan fingerprint density at radius 3 is 2.20 bits per heavy atom. The number of halogens is 2. The van der Waals surface area contributed by atoms with Crippen molar-refractivity contribution in [1.29, 1.82) is 0 Å². The molecule has 182 valence electrons. The summed E-state index contributed by atoms with van der Waals surface area (Å²) in [5.41, 5.74) is 4.60. The molecular weight excluding hydrogens is 468 g/mol. The van der Waals surface area contributed by atoms with E-state index < -0.39 is 48.5 Å². The van der Waals surface area contributed by atoms with Gasteiger partial charge in [0.15, 0.2) is 25.1 Å². The van der Waals surface area contributed by atoms with E-state index in [1.807, 2.05) is 0 Å². The molecule has 4 rings (SSSR count). The molecule has 1 aliphatic rings. The van der Waals surface area contributed by atoms with Gasteiger partial charge in [0.05, 0.1) is 11.1 Å². The molecule has 0 radical (unpaired) electrons. The van der Waals surface area contributed by atoms with Gasteiger partial charge in [-0.1, -0.05) is 36.4 Å². The fraction of sp³-hybridized carbons (Fsp3) is 0.217. The maximum atomic E-state index is 15.6. The van der Waals surface area contributed by atoms with Crippen molar-refractivity contribution in [2.24, 2.45) is 0 Å². The molecule has 4 atom stereocenters. The second kappa shape index (κ2) is 9.99. The molecule has 35 heavy (non-hydrogen) atoms. The first kappa shape index (κ1) is 24.0. The van der Waals surface area contributed by atoms with Crippen LogP contribution in [0.4, 0.5) is 14.7 Å². The molecule has 10 nitrogen and oxygen atoms in total. The van der Waals surface area contributed by atoms with Gasteiger partial charge in [0.2, 0.25) is 0 Å². The minimum atomic E-state index is -2.74. The SMILES string of the molecule is Nc1ccn([C@@H]2O[C@@](COC(=O)c3ccccc3)(OF)[C@@H](OC(=O)c3ccccc3)[C@H]2F)c(=O)n1. The average Bonchev–Trinajstić information content (AvgIpc) is 3.15. The third-order valence-electron chi connectivity index (χ3n) is 5.23. The number of ether oxygens (including phenoxy) is 3. The summed E-state index contributed by atoms with van der Waals surface area (Å²) < 4.78 is 46.1. The van der Waals surface area contributed by atoms with E-state index in [9.17, 15) is 18.9 Å². The highest BCUT2D eigenvalue weighted by atomic mass is 19.3. The number of hydrogen-bond acceptors (Lipinski definition) is 9. The zero-order valence-electron chi connectivity index (χ0n) is 18.0. The van der Waals surface area contributed by atoms with Gasteiger partial charge >= 0.3 is 17.6 Å². The molecular formula is C23H19F2N3O7. The van der Waals surface area contributed by atoms with Crippen LogP contribution in [0, 0.1) is 0 Å². The van der Waals surface area contributed by atoms with Gasteiger partial charge in [-0.05, 0) is 34.9 Å². The molecule has 0 unspecified atom stereocenters. The van der Waals surface area contributed by atoms with Crippen LogP contribution in [0.1, 0.15) is 26.9 Å². The number of hydrogen-bond donors (Lipinski definition) is 1. The summed E-state index contributed by atoms with van der Waals surface area (Å²) in [7, 11) is 0. The number of alkyl halides is 1. The summed E-state index contributed by atoms with van der Waals surface area (Å²) >= 11 is 0. The van der Waals surface area contributed by atoms with E-state index >= 15 is 4.39 Å². The van der Waals surface area contributed by atoms with Crippen LogP contribution >= 0.6 is 0 Å². The van der Waals surface area contributed by atoms with Gasteiger partial charge in [-0.3, -0.25) is 4.57 Å². The number of benzene rings is 2. The van der Waals surface area contributed by atoms with Crippen LogP contribution in [0.2, 0.25) is 0 Å². The molecule has 1 aliphatic heterocycles. The summed E-state index contributed by atoms with van der Waals surface area (Å²) in [6, 6.07) is 16.4. The van der Waals surface area contributed by atoms with E-state index in [-0.39, 0.29) is 16.9 Å². The lowest BCUT2D eigenvalue weighted by Gasteiger charge is -2.28. The summed E-state index contributed by atoms with van der Waals surface area (Å²) in [6.45, 7) is -1.02. The molecule has 2 N–H and O–H groups in total. The second-order valence-electron chi connectivity index (χ2n) is 7.52. The van der Waals surface area contributed by atoms with E-state index in [4.69, 9.17) is 19.9 Å². The van der Waals surface area contributed by atoms with Gasteiger partial charge in [0, 0.05) is 6.20 Å². The molecule has 2 heterocycles. The summed E-state index contributed by atoms with van der Waals surface area (Å²) in [6.07, 6.45) is -5.20. The number of rotatable bonds is 7. The number of nitrogens with zero attached hydrogens (tertiary/aromatic N) is 2. The second-order valence-corrected chi connectivity index (χ2v) is 7.52. The molecule has 1 fully saturated rings. The normalized spacial score (nSPS) is 23.5. The topological polar surface area (TPSA) is 132 Å². The maximum Gasteiger partial charge on any atom is 0.351 e. The predicted octanol–water partition coefficient (Wildman–Crippen LogP) is 2.37. The molecule has 1 saturated heterocycles. The van der Waals surface area contributed by atoms with Crippen molar-refractivity contribution in [2.75, 3.05) is 12.3 Å². The number of esters is 2. The fourth-order valence-corrected chi connectivity index (χ4v) is 3.49. The Morgan fingerprint density at radius 2 is 1.63 bits per heavy atom. The van der Waals surface area contributed by atoms with Crippen LogP contribution in [0.5, 0.6) is 0 Å². The van der Waals surface area contributed by atoms with Crippen molar-refractivity contribution in [3.8, 4) is 0 Å². The van der Waals surface area contributed by atoms with E-state index in [0.717, 1.165) is 6.20 Å². The van der Waals surface area contributed by atoms with Gasteiger partial charge in [-0.25, -0.2) is 18.8 Å². The average molecular weight is 487 g/mol. The summed E-state index contributed by atoms with van der Waals surface area (Å²) in [4.78, 5) is 44.7. The summed E-state index contributed by atoms with van der Waals surface area (Å²) in [5, 5.41) is 0. The van der Waals surface area contributed by atoms with Crippen molar-refractivity contribution < 1.29 is 37.7 Å². The molecule has 2 aromatic carbocycles. The molecule has 0 amide bonds. The third-order valence-corrected chi connectivity index (χ3v) is 5.23. The lowest BCUT2D eigenvalue weighted by Crippen LogP contribution is -2.50. The van der Waals surface area contributed by atoms with Crippen molar-refractivity contribution >= 4 is 17.8 Å². The van der Waals surface area contributed by atoms with Crippen LogP contribution in [-0.2, 0) is 19.2 Å². The van der Waals surface area contributed by atoms with Crippen LogP contribution in [0.25, 0.3) is 0 Å². The highest BCUT2D eigenvalue weighted by Gasteiger charge is 2.62. The quantitative estimate of drug-likeness (QED) is 0.499. The van der Waals surface area contributed by atoms with Crippen LogP contribution in [0.3, 0.4) is 0 Å². The Labute approximate surface area is 196 Å². The number of nitrogens with two attached hydrogens (primary N) is 1. The molecule has 0 bridgehead atoms. The van der Waals surface area contributed by atoms with Gasteiger partial charge in [0.1, 0.15) is 5.82 Å². The number of anilines is 1. The largest absolute Gasteiger partial charge is 0.456 e. The lowest BCUT2D eigenvalue weighted by atomic mass is 10.1. The Morgan fingerprint density at radius 1 is 1.03 bits per heavy atom. The number of carbonyl (C=O) groups is 2. The Kier molecular flexibility index (Phi) is 6.85. The standard InChI is InChI=1S/C23H19F2N3O7/c24-17-18(33-21(30)15-9-5-2-6-10-15)23(35-25,13-32-20(29)14-7-3-1-4-8-14)34-19(17)28-12-11-16(26)27-22(28)31/h1-12,17-19H,13H2,(H2,26,27,31)/t17-,18+,19-,23+/m1/s1. The van der Waals surface area contributed by atoms with Gasteiger partial charge in [-0.2, -0.15) is 9.93 Å². The highest BCUT2D eigenvalue weighted by molar-refractivity contribution is 5.90. The van der Waals surface area contributed by atoms with Gasteiger partial charge in [-0.15, -0.1) is 0 Å². The fourth-order valence-electron chi connectivity index (χ4n) is 3.49. The Balaban J connectivity index is 1.66. The van der Waals surface area contributed by atoms with Crippen LogP contribution < -0.4 is 11.4 Å². The zero-order chi connectivity index (χ0) is 25.0. The maximum absolute atomic E-state index is 15.6. The number of aromatic nitrogens is 2. The lowest BCUT2D eigenvalue weighted by molar-refractivity contribution is -0.371. The highest BCUT2D eigenvalue weighted by Crippen LogP contribution is 2.42. The zero-order valence-corrected chi connectivity index (χ0v) is 18.0. The molecule has 0 saturated carbocycles.